The summed E-state index contributed by atoms with van der Waals surface area (Å²) in [4.78, 5) is 11.2. The van der Waals surface area contributed by atoms with Gasteiger partial charge < -0.3 is 50.0 Å². The van der Waals surface area contributed by atoms with Crippen LogP contribution in [-0.4, -0.2) is 116 Å². The van der Waals surface area contributed by atoms with Crippen LogP contribution < -0.4 is 0 Å². The zero-order valence-electron chi connectivity index (χ0n) is 14.2. The van der Waals surface area contributed by atoms with Gasteiger partial charge in [0.05, 0.1) is 19.3 Å². The molecule has 7 N–H and O–H groups in total. The highest BCUT2D eigenvalue weighted by molar-refractivity contribution is 5.76. The van der Waals surface area contributed by atoms with Gasteiger partial charge in [0.25, 0.3) is 0 Å². The van der Waals surface area contributed by atoms with E-state index in [4.69, 9.17) is 14.2 Å². The maximum atomic E-state index is 11.2. The summed E-state index contributed by atoms with van der Waals surface area (Å²) in [5, 5.41) is 68.6. The smallest absolute Gasteiger partial charge is 0.187 e. The molecule has 0 amide bonds. The second-order valence-electron chi connectivity index (χ2n) is 6.58. The third kappa shape index (κ3) is 4.39. The van der Waals surface area contributed by atoms with Crippen LogP contribution in [0.3, 0.4) is 0 Å². The summed E-state index contributed by atoms with van der Waals surface area (Å²) < 4.78 is 16.0. The molecule has 11 heteroatoms. The number of hydrogen-bond acceptors (Lipinski definition) is 11. The Morgan fingerprint density at radius 3 is 1.92 bits per heavy atom. The fourth-order valence-electron chi connectivity index (χ4n) is 3.12. The molecule has 2 fully saturated rings. The Balaban J connectivity index is 2.12. The van der Waals surface area contributed by atoms with Crippen LogP contribution in [0.4, 0.5) is 0 Å². The maximum Gasteiger partial charge on any atom is 0.187 e. The van der Waals surface area contributed by atoms with Crippen molar-refractivity contribution in [3.05, 3.63) is 0 Å². The standard InChI is InChI=1S/C15H26O11/c1-5(18)2-6-9(19)12(22)14(8(4-17)24-6)26-15-13(23)11(21)10(20)7(3-16)25-15/h6-17,19-23H,2-4H2,1H3/t6-,7+,8+,9-,10-,11-,12-,13+,14+,15-/m0/s1. The first-order valence-electron chi connectivity index (χ1n) is 8.29. The first kappa shape index (κ1) is 21.6. The molecule has 0 unspecified atom stereocenters. The summed E-state index contributed by atoms with van der Waals surface area (Å²) in [6, 6.07) is 0. The summed E-state index contributed by atoms with van der Waals surface area (Å²) in [7, 11) is 0. The lowest BCUT2D eigenvalue weighted by molar-refractivity contribution is -0.341. The van der Waals surface area contributed by atoms with Crippen LogP contribution >= 0.6 is 0 Å². The number of aliphatic hydroxyl groups is 7. The average Bonchev–Trinajstić information content (AvgIpc) is 2.60. The van der Waals surface area contributed by atoms with Crippen molar-refractivity contribution in [2.75, 3.05) is 13.2 Å². The minimum Gasteiger partial charge on any atom is -0.394 e. The quantitative estimate of drug-likeness (QED) is 0.235. The zero-order valence-corrected chi connectivity index (χ0v) is 14.2. The highest BCUT2D eigenvalue weighted by atomic mass is 16.7. The number of carbonyl (C=O) groups is 1. The molecule has 2 aliphatic heterocycles. The van der Waals surface area contributed by atoms with Gasteiger partial charge in [-0.1, -0.05) is 0 Å². The van der Waals surface area contributed by atoms with Crippen molar-refractivity contribution in [1.29, 1.82) is 0 Å². The van der Waals surface area contributed by atoms with Crippen molar-refractivity contribution in [1.82, 2.24) is 0 Å². The zero-order chi connectivity index (χ0) is 19.6. The molecule has 2 rings (SSSR count). The molecular weight excluding hydrogens is 356 g/mol. The highest BCUT2D eigenvalue weighted by Crippen LogP contribution is 2.30. The third-order valence-corrected chi connectivity index (χ3v) is 4.59. The first-order chi connectivity index (χ1) is 12.2. The molecule has 26 heavy (non-hydrogen) atoms. The molecule has 0 bridgehead atoms. The Labute approximate surface area is 149 Å². The Morgan fingerprint density at radius 1 is 0.808 bits per heavy atom. The summed E-state index contributed by atoms with van der Waals surface area (Å²) >= 11 is 0. The van der Waals surface area contributed by atoms with E-state index in [2.05, 4.69) is 0 Å². The van der Waals surface area contributed by atoms with Crippen LogP contribution in [-0.2, 0) is 19.0 Å². The predicted molar refractivity (Wildman–Crippen MR) is 81.7 cm³/mol. The van der Waals surface area contributed by atoms with Gasteiger partial charge in [-0.2, -0.15) is 0 Å². The van der Waals surface area contributed by atoms with Gasteiger partial charge in [-0.25, -0.2) is 0 Å². The van der Waals surface area contributed by atoms with E-state index in [0.29, 0.717) is 0 Å². The van der Waals surface area contributed by atoms with Crippen molar-refractivity contribution >= 4 is 5.78 Å². The number of aliphatic hydroxyl groups excluding tert-OH is 7. The monoisotopic (exact) mass is 382 g/mol. The molecular formula is C15H26O11. The van der Waals surface area contributed by atoms with E-state index in [0.717, 1.165) is 0 Å². The third-order valence-electron chi connectivity index (χ3n) is 4.59. The molecule has 152 valence electrons. The van der Waals surface area contributed by atoms with E-state index in [9.17, 15) is 40.5 Å². The number of Topliss-reactive ketones (excluding diaryl/α,β-unsaturated/α-hetero) is 1. The van der Waals surface area contributed by atoms with Gasteiger partial charge in [-0.05, 0) is 6.92 Å². The van der Waals surface area contributed by atoms with Gasteiger partial charge in [0, 0.05) is 6.42 Å². The van der Waals surface area contributed by atoms with Crippen LogP contribution in [0.15, 0.2) is 0 Å². The number of ether oxygens (including phenoxy) is 3. The van der Waals surface area contributed by atoms with Crippen LogP contribution in [0.1, 0.15) is 13.3 Å². The minimum absolute atomic E-state index is 0.179. The van der Waals surface area contributed by atoms with Gasteiger partial charge in [-0.15, -0.1) is 0 Å². The van der Waals surface area contributed by atoms with Crippen molar-refractivity contribution < 1.29 is 54.8 Å². The predicted octanol–water partition coefficient (Wildman–Crippen LogP) is -4.37. The SMILES string of the molecule is CC(=O)C[C@@H]1O[C@H](CO)[C@@H](O[C@@H]2O[C@H](CO)[C@H](O)[C@H](O)[C@H]2O)[C@@H](O)[C@H]1O. The highest BCUT2D eigenvalue weighted by Gasteiger charge is 2.50. The van der Waals surface area contributed by atoms with Crippen molar-refractivity contribution in [2.45, 2.75) is 74.6 Å². The molecule has 2 aliphatic rings. The van der Waals surface area contributed by atoms with Gasteiger partial charge in [-0.3, -0.25) is 4.79 Å². The number of ketones is 1. The van der Waals surface area contributed by atoms with Gasteiger partial charge in [0.1, 0.15) is 54.6 Å². The fraction of sp³-hybridized carbons (Fsp3) is 0.933. The normalized spacial score (nSPS) is 46.9. The molecule has 0 aromatic rings. The molecule has 0 aromatic heterocycles. The van der Waals surface area contributed by atoms with Crippen LogP contribution in [0.5, 0.6) is 0 Å². The molecule has 0 spiro atoms. The van der Waals surface area contributed by atoms with Crippen LogP contribution in [0.2, 0.25) is 0 Å². The second-order valence-corrected chi connectivity index (χ2v) is 6.58. The average molecular weight is 382 g/mol. The molecule has 0 radical (unpaired) electrons. The van der Waals surface area contributed by atoms with E-state index in [1.165, 1.54) is 6.92 Å². The maximum absolute atomic E-state index is 11.2. The lowest BCUT2D eigenvalue weighted by atomic mass is 9.92. The fourth-order valence-corrected chi connectivity index (χ4v) is 3.12. The van der Waals surface area contributed by atoms with Crippen LogP contribution in [0, 0.1) is 0 Å². The second kappa shape index (κ2) is 8.97. The Hall–Kier alpha value is -0.730. The van der Waals surface area contributed by atoms with E-state index in [-0.39, 0.29) is 12.2 Å². The molecule has 0 aromatic carbocycles. The van der Waals surface area contributed by atoms with E-state index >= 15 is 0 Å². The van der Waals surface area contributed by atoms with Crippen molar-refractivity contribution in [3.8, 4) is 0 Å². The van der Waals surface area contributed by atoms with E-state index < -0.39 is 74.4 Å². The van der Waals surface area contributed by atoms with E-state index in [1.807, 2.05) is 0 Å². The number of hydrogen-bond donors (Lipinski definition) is 7. The van der Waals surface area contributed by atoms with E-state index in [1.54, 1.807) is 0 Å². The summed E-state index contributed by atoms with van der Waals surface area (Å²) in [5.41, 5.74) is 0. The van der Waals surface area contributed by atoms with Crippen molar-refractivity contribution in [3.63, 3.8) is 0 Å². The molecule has 11 nitrogen and oxygen atoms in total. The van der Waals surface area contributed by atoms with Crippen LogP contribution in [0.25, 0.3) is 0 Å². The number of rotatable bonds is 6. The molecule has 2 heterocycles. The number of carbonyl (C=O) groups excluding carboxylic acids is 1. The first-order valence-corrected chi connectivity index (χ1v) is 8.29. The van der Waals surface area contributed by atoms with Gasteiger partial charge in [0.15, 0.2) is 6.29 Å². The summed E-state index contributed by atoms with van der Waals surface area (Å²) in [5.74, 6) is -0.286. The lowest BCUT2D eigenvalue weighted by Gasteiger charge is -2.46. The topological polar surface area (TPSA) is 186 Å². The molecule has 10 atom stereocenters. The largest absolute Gasteiger partial charge is 0.394 e. The Kier molecular flexibility index (Phi) is 7.44. The minimum atomic E-state index is -1.72. The molecule has 0 aliphatic carbocycles. The molecule has 2 saturated heterocycles. The Bertz CT molecular complexity index is 471. The molecule has 0 saturated carbocycles. The lowest BCUT2D eigenvalue weighted by Crippen LogP contribution is -2.64. The summed E-state index contributed by atoms with van der Waals surface area (Å²) in [6.07, 6.45) is -14.6. The summed E-state index contributed by atoms with van der Waals surface area (Å²) in [6.45, 7) is -0.00546. The van der Waals surface area contributed by atoms with Crippen molar-refractivity contribution in [2.24, 2.45) is 0 Å². The van der Waals surface area contributed by atoms with Gasteiger partial charge in [0.2, 0.25) is 0 Å². The Morgan fingerprint density at radius 2 is 1.38 bits per heavy atom. The van der Waals surface area contributed by atoms with Gasteiger partial charge >= 0.3 is 0 Å².